The summed E-state index contributed by atoms with van der Waals surface area (Å²) >= 11 is 0. The number of rotatable bonds is 8. The Kier molecular flexibility index (Phi) is 7.78. The van der Waals surface area contributed by atoms with Crippen LogP contribution in [-0.2, 0) is 14.6 Å². The summed E-state index contributed by atoms with van der Waals surface area (Å²) in [6.45, 7) is -0.0624. The zero-order valence-corrected chi connectivity index (χ0v) is 20.1. The van der Waals surface area contributed by atoms with Gasteiger partial charge in [0.2, 0.25) is 5.91 Å². The van der Waals surface area contributed by atoms with E-state index >= 15 is 0 Å². The largest absolute Gasteiger partial charge is 0.457 e. The molecule has 1 amide bonds. The summed E-state index contributed by atoms with van der Waals surface area (Å²) in [5.74, 6) is 0.472. The minimum atomic E-state index is -3.56. The Morgan fingerprint density at radius 1 is 0.943 bits per heavy atom. The molecule has 35 heavy (non-hydrogen) atoms. The fourth-order valence-electron chi connectivity index (χ4n) is 4.50. The van der Waals surface area contributed by atoms with Crippen LogP contribution in [0.2, 0.25) is 0 Å². The number of ether oxygens (including phenoxy) is 1. The first-order chi connectivity index (χ1) is 17.0. The molecule has 0 saturated heterocycles. The Hall–Kier alpha value is -3.70. The van der Waals surface area contributed by atoms with Crippen molar-refractivity contribution in [3.8, 4) is 28.7 Å². The highest BCUT2D eigenvalue weighted by Gasteiger charge is 2.34. The smallest absolute Gasteiger partial charge is 0.224 e. The fraction of sp³-hybridized carbons (Fsp3) is 0.296. The molecule has 1 fully saturated rings. The van der Waals surface area contributed by atoms with Crippen molar-refractivity contribution >= 4 is 15.7 Å². The molecule has 1 heterocycles. The maximum absolute atomic E-state index is 13.1. The molecule has 180 valence electrons. The van der Waals surface area contributed by atoms with Gasteiger partial charge >= 0.3 is 0 Å². The number of nitrogens with one attached hydrogen (secondary N) is 1. The van der Waals surface area contributed by atoms with Crippen LogP contribution in [0.4, 0.5) is 0 Å². The van der Waals surface area contributed by atoms with Crippen LogP contribution in [0.3, 0.4) is 0 Å². The van der Waals surface area contributed by atoms with Gasteiger partial charge < -0.3 is 10.1 Å². The minimum Gasteiger partial charge on any atom is -0.457 e. The van der Waals surface area contributed by atoms with Crippen LogP contribution < -0.4 is 10.1 Å². The van der Waals surface area contributed by atoms with E-state index < -0.39 is 9.84 Å². The Balaban J connectivity index is 1.43. The molecule has 3 aromatic rings. The number of sulfone groups is 1. The molecule has 1 aliphatic rings. The van der Waals surface area contributed by atoms with Crippen LogP contribution in [0.1, 0.15) is 25.7 Å². The molecule has 4 rings (SSSR count). The summed E-state index contributed by atoms with van der Waals surface area (Å²) < 4.78 is 32.1. The van der Waals surface area contributed by atoms with Crippen molar-refractivity contribution in [1.29, 1.82) is 5.26 Å². The van der Waals surface area contributed by atoms with Gasteiger partial charge in [-0.1, -0.05) is 37.1 Å². The third-order valence-corrected chi connectivity index (χ3v) is 8.16. The van der Waals surface area contributed by atoms with E-state index in [0.29, 0.717) is 24.3 Å². The molecule has 1 aliphatic carbocycles. The van der Waals surface area contributed by atoms with Crippen molar-refractivity contribution in [1.82, 2.24) is 10.3 Å². The summed E-state index contributed by atoms with van der Waals surface area (Å²) in [5.41, 5.74) is 1.84. The lowest BCUT2D eigenvalue weighted by atomic mass is 9.80. The average molecular weight is 490 g/mol. The maximum Gasteiger partial charge on any atom is 0.224 e. The lowest BCUT2D eigenvalue weighted by Gasteiger charge is -2.30. The number of benzene rings is 2. The Bertz CT molecular complexity index is 1290. The lowest BCUT2D eigenvalue weighted by molar-refractivity contribution is -0.127. The van der Waals surface area contributed by atoms with Crippen LogP contribution >= 0.6 is 0 Å². The molecule has 0 bridgehead atoms. The third kappa shape index (κ3) is 6.25. The van der Waals surface area contributed by atoms with Gasteiger partial charge in [-0.2, -0.15) is 5.26 Å². The molecule has 0 aliphatic heterocycles. The number of nitriles is 1. The Morgan fingerprint density at radius 3 is 2.20 bits per heavy atom. The highest BCUT2D eigenvalue weighted by Crippen LogP contribution is 2.33. The summed E-state index contributed by atoms with van der Waals surface area (Å²) in [5, 5.41) is 11.3. The first-order valence-electron chi connectivity index (χ1n) is 11.6. The molecule has 0 radical (unpaired) electrons. The van der Waals surface area contributed by atoms with Crippen LogP contribution in [0, 0.1) is 23.2 Å². The number of hydrogen-bond donors (Lipinski definition) is 1. The lowest BCUT2D eigenvalue weighted by Crippen LogP contribution is -2.39. The van der Waals surface area contributed by atoms with Gasteiger partial charge in [0.1, 0.15) is 18.0 Å². The van der Waals surface area contributed by atoms with E-state index in [1.807, 2.05) is 30.3 Å². The van der Waals surface area contributed by atoms with Gasteiger partial charge in [0.25, 0.3) is 0 Å². The first-order valence-corrected chi connectivity index (χ1v) is 13.3. The van der Waals surface area contributed by atoms with E-state index in [9.17, 15) is 13.2 Å². The topological polar surface area (TPSA) is 109 Å². The van der Waals surface area contributed by atoms with Gasteiger partial charge in [0.15, 0.2) is 9.84 Å². The zero-order chi connectivity index (χ0) is 24.7. The normalized spacial score (nSPS) is 17.8. The number of hydrogen-bond acceptors (Lipinski definition) is 6. The zero-order valence-electron chi connectivity index (χ0n) is 19.3. The van der Waals surface area contributed by atoms with Crippen LogP contribution in [0.5, 0.6) is 11.5 Å². The number of carbonyl (C=O) groups excluding carboxylic acids is 1. The highest BCUT2D eigenvalue weighted by molar-refractivity contribution is 7.91. The molecule has 7 nitrogen and oxygen atoms in total. The summed E-state index contributed by atoms with van der Waals surface area (Å²) in [4.78, 5) is 16.7. The van der Waals surface area contributed by atoms with Gasteiger partial charge in [-0.3, -0.25) is 9.78 Å². The molecule has 2 aromatic carbocycles. The van der Waals surface area contributed by atoms with E-state index in [1.54, 1.807) is 48.8 Å². The van der Waals surface area contributed by atoms with Crippen molar-refractivity contribution < 1.29 is 17.9 Å². The molecule has 0 spiro atoms. The van der Waals surface area contributed by atoms with Crippen molar-refractivity contribution in [3.63, 3.8) is 0 Å². The van der Waals surface area contributed by atoms with Crippen molar-refractivity contribution in [2.45, 2.75) is 30.6 Å². The second-order valence-corrected chi connectivity index (χ2v) is 10.7. The number of amides is 1. The maximum atomic E-state index is 13.1. The highest BCUT2D eigenvalue weighted by atomic mass is 32.2. The van der Waals surface area contributed by atoms with E-state index in [2.05, 4.69) is 10.3 Å². The Labute approximate surface area is 205 Å². The molecule has 1 aromatic heterocycles. The van der Waals surface area contributed by atoms with Gasteiger partial charge in [-0.25, -0.2) is 8.42 Å². The molecular formula is C27H27N3O4S. The Morgan fingerprint density at radius 2 is 1.54 bits per heavy atom. The number of aromatic nitrogens is 1. The van der Waals surface area contributed by atoms with Crippen LogP contribution in [0.25, 0.3) is 11.1 Å². The molecule has 2 atom stereocenters. The second kappa shape index (κ2) is 11.2. The predicted octanol–water partition coefficient (Wildman–Crippen LogP) is 4.76. The number of carbonyl (C=O) groups is 1. The van der Waals surface area contributed by atoms with Gasteiger partial charge in [0.05, 0.1) is 16.7 Å². The van der Waals surface area contributed by atoms with Crippen LogP contribution in [-0.4, -0.2) is 31.6 Å². The van der Waals surface area contributed by atoms with E-state index in [0.717, 1.165) is 24.0 Å². The number of pyridine rings is 1. The standard InChI is InChI=1S/C27H27N3O4S/c28-15-18-30-27(31)26-4-2-1-3-22(26)19-35(32,33)25-11-7-21(8-12-25)20-5-9-23(10-6-20)34-24-13-16-29-17-14-24/h5-14,16-17,22,26H,1-4,18-19H2,(H,30,31). The monoisotopic (exact) mass is 489 g/mol. The number of nitrogens with zero attached hydrogens (tertiary/aromatic N) is 2. The molecule has 8 heteroatoms. The predicted molar refractivity (Wildman–Crippen MR) is 132 cm³/mol. The minimum absolute atomic E-state index is 0.0624. The van der Waals surface area contributed by atoms with E-state index in [1.165, 1.54) is 0 Å². The van der Waals surface area contributed by atoms with Crippen LogP contribution in [0.15, 0.2) is 78.0 Å². The molecule has 2 unspecified atom stereocenters. The summed E-state index contributed by atoms with van der Waals surface area (Å²) in [6, 6.07) is 19.9. The van der Waals surface area contributed by atoms with Crippen molar-refractivity contribution in [2.75, 3.05) is 12.3 Å². The average Bonchev–Trinajstić information content (AvgIpc) is 2.88. The summed E-state index contributed by atoms with van der Waals surface area (Å²) in [7, 11) is -3.56. The van der Waals surface area contributed by atoms with E-state index in [4.69, 9.17) is 10.00 Å². The second-order valence-electron chi connectivity index (χ2n) is 8.64. The van der Waals surface area contributed by atoms with Gasteiger partial charge in [-0.15, -0.1) is 0 Å². The van der Waals surface area contributed by atoms with Gasteiger partial charge in [0, 0.05) is 18.3 Å². The molecular weight excluding hydrogens is 462 g/mol. The van der Waals surface area contributed by atoms with Crippen molar-refractivity contribution in [3.05, 3.63) is 73.1 Å². The third-order valence-electron chi connectivity index (χ3n) is 6.31. The van der Waals surface area contributed by atoms with Gasteiger partial charge in [-0.05, 0) is 66.3 Å². The molecule has 1 N–H and O–H groups in total. The van der Waals surface area contributed by atoms with E-state index in [-0.39, 0.29) is 34.9 Å². The first kappa shape index (κ1) is 24.4. The van der Waals surface area contributed by atoms with Crippen molar-refractivity contribution in [2.24, 2.45) is 11.8 Å². The SMILES string of the molecule is N#CCNC(=O)C1CCCCC1CS(=O)(=O)c1ccc(-c2ccc(Oc3ccncc3)cc2)cc1. The fourth-order valence-corrected chi connectivity index (χ4v) is 6.21. The molecule has 1 saturated carbocycles. The quantitative estimate of drug-likeness (QED) is 0.457. The summed E-state index contributed by atoms with van der Waals surface area (Å²) in [6.07, 6.45) is 6.46.